The lowest BCUT2D eigenvalue weighted by Crippen LogP contribution is -2.39. The summed E-state index contributed by atoms with van der Waals surface area (Å²) in [6, 6.07) is 0. The predicted octanol–water partition coefficient (Wildman–Crippen LogP) is 4.64. The van der Waals surface area contributed by atoms with Crippen LogP contribution in [0.4, 0.5) is 0 Å². The molecule has 1 fully saturated rings. The van der Waals surface area contributed by atoms with Gasteiger partial charge in [-0.1, -0.05) is 91.4 Å². The van der Waals surface area contributed by atoms with Crippen LogP contribution < -0.4 is 0 Å². The molecule has 1 rings (SSSR count). The molecule has 0 bridgehead atoms. The summed E-state index contributed by atoms with van der Waals surface area (Å²) >= 11 is 0. The van der Waals surface area contributed by atoms with E-state index >= 15 is 0 Å². The van der Waals surface area contributed by atoms with Crippen molar-refractivity contribution in [3.05, 3.63) is 0 Å². The first-order valence-corrected chi connectivity index (χ1v) is 14.2. The Morgan fingerprint density at radius 3 is 1.97 bits per heavy atom. The smallest absolute Gasteiger partial charge is 0.248 e. The SMILES string of the molecule is CCCCCCCCCCCCC(CC)CN1C(=O)CC(S(=O)(=O)CC(O)CC)C1=O. The van der Waals surface area contributed by atoms with Gasteiger partial charge in [-0.05, 0) is 18.8 Å². The average molecular weight is 460 g/mol. The number of hydrogen-bond acceptors (Lipinski definition) is 5. The molecule has 1 aliphatic heterocycles. The van der Waals surface area contributed by atoms with Crippen molar-refractivity contribution in [1.82, 2.24) is 4.90 Å². The first kappa shape index (κ1) is 28.1. The minimum Gasteiger partial charge on any atom is -0.392 e. The maximum Gasteiger partial charge on any atom is 0.248 e. The fraction of sp³-hybridized carbons (Fsp3) is 0.917. The minimum atomic E-state index is -3.83. The van der Waals surface area contributed by atoms with Crippen molar-refractivity contribution in [2.24, 2.45) is 5.92 Å². The Bertz CT molecular complexity index is 634. The number of carbonyl (C=O) groups is 2. The molecule has 1 heterocycles. The Hall–Kier alpha value is -0.950. The highest BCUT2D eigenvalue weighted by Crippen LogP contribution is 2.25. The fourth-order valence-electron chi connectivity index (χ4n) is 4.23. The van der Waals surface area contributed by atoms with Crippen LogP contribution in [-0.4, -0.2) is 53.9 Å². The van der Waals surface area contributed by atoms with Crippen LogP contribution in [0.15, 0.2) is 0 Å². The first-order valence-electron chi connectivity index (χ1n) is 12.5. The van der Waals surface area contributed by atoms with Gasteiger partial charge >= 0.3 is 0 Å². The molecule has 0 aliphatic carbocycles. The van der Waals surface area contributed by atoms with E-state index in [0.717, 1.165) is 24.2 Å². The van der Waals surface area contributed by atoms with Gasteiger partial charge in [0, 0.05) is 6.54 Å². The summed E-state index contributed by atoms with van der Waals surface area (Å²) in [4.78, 5) is 26.2. The van der Waals surface area contributed by atoms with E-state index in [2.05, 4.69) is 13.8 Å². The molecule has 182 valence electrons. The molecule has 0 radical (unpaired) electrons. The third-order valence-electron chi connectivity index (χ3n) is 6.52. The van der Waals surface area contributed by atoms with Crippen molar-refractivity contribution in [2.75, 3.05) is 12.3 Å². The zero-order valence-corrected chi connectivity index (χ0v) is 20.8. The number of amides is 2. The van der Waals surface area contributed by atoms with Gasteiger partial charge in [0.05, 0.1) is 18.3 Å². The normalized spacial score (nSPS) is 19.2. The molecular formula is C24H45NO5S. The number of aliphatic hydroxyl groups is 1. The van der Waals surface area contributed by atoms with Crippen molar-refractivity contribution in [1.29, 1.82) is 0 Å². The Balaban J connectivity index is 2.37. The first-order chi connectivity index (χ1) is 14.8. The van der Waals surface area contributed by atoms with E-state index in [1.54, 1.807) is 6.92 Å². The number of hydrogen-bond donors (Lipinski definition) is 1. The second-order valence-electron chi connectivity index (χ2n) is 9.17. The quantitative estimate of drug-likeness (QED) is 0.238. The van der Waals surface area contributed by atoms with Crippen LogP contribution in [0, 0.1) is 5.92 Å². The summed E-state index contributed by atoms with van der Waals surface area (Å²) in [6.07, 6.45) is 13.5. The zero-order valence-electron chi connectivity index (χ0n) is 20.0. The molecule has 0 spiro atoms. The van der Waals surface area contributed by atoms with Gasteiger partial charge in [0.25, 0.3) is 0 Å². The standard InChI is InChI=1S/C24H45NO5S/c1-4-7-8-9-10-11-12-13-14-15-16-20(5-2)18-25-23(27)17-22(24(25)28)31(29,30)19-21(26)6-3/h20-22,26H,4-19H2,1-3H3. The molecule has 7 heteroatoms. The average Bonchev–Trinajstić information content (AvgIpc) is 3.02. The predicted molar refractivity (Wildman–Crippen MR) is 125 cm³/mol. The van der Waals surface area contributed by atoms with Crippen LogP contribution >= 0.6 is 0 Å². The minimum absolute atomic E-state index is 0.213. The van der Waals surface area contributed by atoms with Crippen LogP contribution in [0.5, 0.6) is 0 Å². The van der Waals surface area contributed by atoms with E-state index in [1.807, 2.05) is 0 Å². The summed E-state index contributed by atoms with van der Waals surface area (Å²) in [5.74, 6) is -1.25. The molecule has 0 aromatic heterocycles. The topological polar surface area (TPSA) is 91.8 Å². The lowest BCUT2D eigenvalue weighted by Gasteiger charge is -2.22. The number of rotatable bonds is 18. The van der Waals surface area contributed by atoms with Gasteiger partial charge < -0.3 is 5.11 Å². The molecule has 1 aliphatic rings. The van der Waals surface area contributed by atoms with E-state index < -0.39 is 38.8 Å². The third-order valence-corrected chi connectivity index (χ3v) is 8.60. The van der Waals surface area contributed by atoms with Crippen molar-refractivity contribution >= 4 is 21.7 Å². The fourth-order valence-corrected chi connectivity index (χ4v) is 6.07. The summed E-state index contributed by atoms with van der Waals surface area (Å²) < 4.78 is 24.9. The van der Waals surface area contributed by atoms with E-state index in [1.165, 1.54) is 57.8 Å². The highest BCUT2D eigenvalue weighted by Gasteiger charge is 2.46. The van der Waals surface area contributed by atoms with Gasteiger partial charge in [-0.15, -0.1) is 0 Å². The van der Waals surface area contributed by atoms with Crippen LogP contribution in [0.2, 0.25) is 0 Å². The zero-order chi connectivity index (χ0) is 23.3. The number of likely N-dealkylation sites (tertiary alicyclic amines) is 1. The van der Waals surface area contributed by atoms with Gasteiger partial charge in [-0.25, -0.2) is 8.42 Å². The van der Waals surface area contributed by atoms with Gasteiger partial charge in [-0.2, -0.15) is 0 Å². The molecule has 0 aromatic rings. The monoisotopic (exact) mass is 459 g/mol. The largest absolute Gasteiger partial charge is 0.392 e. The van der Waals surface area contributed by atoms with Crippen molar-refractivity contribution < 1.29 is 23.1 Å². The van der Waals surface area contributed by atoms with Gasteiger partial charge in [0.1, 0.15) is 5.25 Å². The van der Waals surface area contributed by atoms with Crippen molar-refractivity contribution in [3.63, 3.8) is 0 Å². The van der Waals surface area contributed by atoms with E-state index in [-0.39, 0.29) is 12.3 Å². The Morgan fingerprint density at radius 2 is 1.45 bits per heavy atom. The van der Waals surface area contributed by atoms with Crippen molar-refractivity contribution in [3.8, 4) is 0 Å². The van der Waals surface area contributed by atoms with Gasteiger partial charge in [0.15, 0.2) is 9.84 Å². The van der Waals surface area contributed by atoms with Crippen molar-refractivity contribution in [2.45, 2.75) is 122 Å². The molecular weight excluding hydrogens is 414 g/mol. The highest BCUT2D eigenvalue weighted by atomic mass is 32.2. The maximum absolute atomic E-state index is 12.7. The number of unbranched alkanes of at least 4 members (excludes halogenated alkanes) is 9. The highest BCUT2D eigenvalue weighted by molar-refractivity contribution is 7.92. The second kappa shape index (κ2) is 15.0. The van der Waals surface area contributed by atoms with E-state index in [0.29, 0.717) is 13.0 Å². The lowest BCUT2D eigenvalue weighted by atomic mass is 9.97. The number of carbonyl (C=O) groups excluding carboxylic acids is 2. The summed E-state index contributed by atoms with van der Waals surface area (Å²) in [7, 11) is -3.83. The summed E-state index contributed by atoms with van der Waals surface area (Å²) in [5.41, 5.74) is 0. The van der Waals surface area contributed by atoms with Crippen LogP contribution in [0.3, 0.4) is 0 Å². The summed E-state index contributed by atoms with van der Waals surface area (Å²) in [6.45, 7) is 6.29. The lowest BCUT2D eigenvalue weighted by molar-refractivity contribution is -0.139. The molecule has 0 aromatic carbocycles. The molecule has 0 saturated carbocycles. The Kier molecular flexibility index (Phi) is 13.6. The molecule has 3 unspecified atom stereocenters. The molecule has 1 saturated heterocycles. The molecule has 6 nitrogen and oxygen atoms in total. The van der Waals surface area contributed by atoms with Gasteiger partial charge in [0.2, 0.25) is 11.8 Å². The van der Waals surface area contributed by atoms with Gasteiger partial charge in [-0.3, -0.25) is 14.5 Å². The van der Waals surface area contributed by atoms with Crippen LogP contribution in [-0.2, 0) is 19.4 Å². The van der Waals surface area contributed by atoms with E-state index in [4.69, 9.17) is 0 Å². The third kappa shape index (κ3) is 10.0. The number of imide groups is 1. The van der Waals surface area contributed by atoms with Crippen LogP contribution in [0.1, 0.15) is 111 Å². The number of aliphatic hydroxyl groups excluding tert-OH is 1. The van der Waals surface area contributed by atoms with E-state index in [9.17, 15) is 23.1 Å². The van der Waals surface area contributed by atoms with Crippen LogP contribution in [0.25, 0.3) is 0 Å². The maximum atomic E-state index is 12.7. The Labute approximate surface area is 190 Å². The number of sulfone groups is 1. The Morgan fingerprint density at radius 1 is 0.903 bits per heavy atom. The molecule has 31 heavy (non-hydrogen) atoms. The molecule has 1 N–H and O–H groups in total. The molecule has 3 atom stereocenters. The number of nitrogens with zero attached hydrogens (tertiary/aromatic N) is 1. The summed E-state index contributed by atoms with van der Waals surface area (Å²) in [5, 5.41) is 8.37. The second-order valence-corrected chi connectivity index (χ2v) is 11.4. The molecule has 2 amide bonds.